The quantitative estimate of drug-likeness (QED) is 0.0834. The van der Waals surface area contributed by atoms with Crippen LogP contribution in [0, 0.1) is 0 Å². The lowest BCUT2D eigenvalue weighted by molar-refractivity contribution is 0.0589. The van der Waals surface area contributed by atoms with Gasteiger partial charge in [0, 0.05) is 90.5 Å². The highest BCUT2D eigenvalue weighted by molar-refractivity contribution is 7.98. The summed E-state index contributed by atoms with van der Waals surface area (Å²) in [7, 11) is 8.05. The third-order valence-electron chi connectivity index (χ3n) is 9.33. The molecule has 14 heteroatoms. The van der Waals surface area contributed by atoms with Crippen LogP contribution in [0.25, 0.3) is 32.9 Å². The largest absolute Gasteiger partial charge is 0.506 e. The topological polar surface area (TPSA) is 123 Å². The van der Waals surface area contributed by atoms with E-state index in [9.17, 15) is 15.0 Å². The van der Waals surface area contributed by atoms with E-state index >= 15 is 0 Å². The van der Waals surface area contributed by atoms with Crippen molar-refractivity contribution in [2.24, 2.45) is 14.1 Å². The first-order valence-electron chi connectivity index (χ1n) is 16.5. The molecule has 11 nitrogen and oxygen atoms in total. The number of aromatic hydroxyl groups is 1. The molecule has 0 amide bonds. The van der Waals surface area contributed by atoms with Crippen LogP contribution in [0.4, 0.5) is 0 Å². The van der Waals surface area contributed by atoms with Crippen LogP contribution in [0.15, 0.2) is 53.6 Å². The average molecular weight is 732 g/mol. The Kier molecular flexibility index (Phi) is 9.91. The first kappa shape index (κ1) is 34.5. The third kappa shape index (κ3) is 6.39. The van der Waals surface area contributed by atoms with E-state index in [1.54, 1.807) is 24.0 Å². The zero-order valence-electron chi connectivity index (χ0n) is 28.2. The minimum Gasteiger partial charge on any atom is -0.506 e. The number of methoxy groups -OCH3 is 1. The van der Waals surface area contributed by atoms with Crippen molar-refractivity contribution in [2.75, 3.05) is 13.7 Å². The van der Waals surface area contributed by atoms with Crippen LogP contribution in [-0.2, 0) is 57.1 Å². The number of nitrogens with zero attached hydrogens (tertiary/aromatic N) is 7. The van der Waals surface area contributed by atoms with Gasteiger partial charge < -0.3 is 19.5 Å². The van der Waals surface area contributed by atoms with Crippen molar-refractivity contribution >= 4 is 60.5 Å². The number of ether oxygens (including phenoxy) is 1. The summed E-state index contributed by atoms with van der Waals surface area (Å²) >= 11 is 8.70. The van der Waals surface area contributed by atoms with Gasteiger partial charge in [0.2, 0.25) is 0 Å². The fourth-order valence-corrected chi connectivity index (χ4v) is 8.71. The predicted molar refractivity (Wildman–Crippen MR) is 199 cm³/mol. The Balaban J connectivity index is 1.17. The Hall–Kier alpha value is -3.93. The number of halogens is 1. The van der Waals surface area contributed by atoms with Gasteiger partial charge in [0.25, 0.3) is 0 Å². The molecule has 0 aliphatic carbocycles. The maximum Gasteiger partial charge on any atom is 0.354 e. The van der Waals surface area contributed by atoms with Gasteiger partial charge in [0.05, 0.1) is 29.0 Å². The summed E-state index contributed by atoms with van der Waals surface area (Å²) in [5.41, 5.74) is 8.66. The van der Waals surface area contributed by atoms with E-state index in [1.807, 2.05) is 53.7 Å². The number of rotatable bonds is 12. The molecule has 6 aromatic rings. The summed E-state index contributed by atoms with van der Waals surface area (Å²) in [6.07, 6.45) is 4.62. The summed E-state index contributed by atoms with van der Waals surface area (Å²) in [6, 6.07) is 13.6. The average Bonchev–Trinajstić information content (AvgIpc) is 3.85. The van der Waals surface area contributed by atoms with Crippen molar-refractivity contribution in [2.45, 2.75) is 56.0 Å². The standard InChI is InChI=1S/C36H39ClN7O4PS/c1-41-34-26(25(8-6-14-45)35(41)36(47)48-3)10-11-27(37)31(34)32-28(40-44-13-5-9-29(32)44)19-43(49)18-22-16-23(42(2)39-22)20-50-24-15-21-7-4-12-38-33(21)30(46)17-24/h4,7,10-12,15-17,45-46H,5-6,8-9,13-14,18-20,49H2,1-3H3. The molecule has 260 valence electrons. The summed E-state index contributed by atoms with van der Waals surface area (Å²) in [5.74, 6) is 0.447. The molecule has 5 heterocycles. The van der Waals surface area contributed by atoms with Gasteiger partial charge in [0.15, 0.2) is 0 Å². The van der Waals surface area contributed by atoms with E-state index in [4.69, 9.17) is 26.5 Å². The van der Waals surface area contributed by atoms with Crippen molar-refractivity contribution in [1.82, 2.24) is 33.8 Å². The monoisotopic (exact) mass is 731 g/mol. The van der Waals surface area contributed by atoms with Crippen molar-refractivity contribution in [3.8, 4) is 16.9 Å². The zero-order chi connectivity index (χ0) is 35.1. The molecule has 2 N–H and O–H groups in total. The lowest BCUT2D eigenvalue weighted by Gasteiger charge is -2.16. The molecule has 0 fully saturated rings. The van der Waals surface area contributed by atoms with Crippen LogP contribution >= 0.6 is 32.8 Å². The van der Waals surface area contributed by atoms with Crippen LogP contribution in [0.3, 0.4) is 0 Å². The normalized spacial score (nSPS) is 12.9. The van der Waals surface area contributed by atoms with E-state index in [-0.39, 0.29) is 12.4 Å². The van der Waals surface area contributed by atoms with Crippen LogP contribution in [-0.4, -0.2) is 63.7 Å². The predicted octanol–water partition coefficient (Wildman–Crippen LogP) is 6.42. The first-order chi connectivity index (χ1) is 24.2. The Morgan fingerprint density at radius 1 is 1.14 bits per heavy atom. The zero-order valence-corrected chi connectivity index (χ0v) is 30.9. The Bertz CT molecular complexity index is 2250. The number of fused-ring (bicyclic) bond motifs is 3. The number of hydrogen-bond donors (Lipinski definition) is 2. The Morgan fingerprint density at radius 2 is 1.98 bits per heavy atom. The number of esters is 1. The molecule has 0 bridgehead atoms. The number of hydrogen-bond acceptors (Lipinski definition) is 9. The van der Waals surface area contributed by atoms with Gasteiger partial charge in [-0.3, -0.25) is 19.0 Å². The third-order valence-corrected chi connectivity index (χ3v) is 11.0. The number of benzene rings is 2. The number of thioether (sulfide) groups is 1. The van der Waals surface area contributed by atoms with E-state index in [0.717, 1.165) is 80.0 Å². The van der Waals surface area contributed by atoms with Gasteiger partial charge in [-0.25, -0.2) is 4.79 Å². The van der Waals surface area contributed by atoms with E-state index < -0.39 is 5.97 Å². The van der Waals surface area contributed by atoms with Crippen LogP contribution in [0.2, 0.25) is 5.02 Å². The number of aromatic nitrogens is 6. The summed E-state index contributed by atoms with van der Waals surface area (Å²) in [4.78, 5) is 18.3. The van der Waals surface area contributed by atoms with E-state index in [1.165, 1.54) is 7.11 Å². The molecule has 2 aromatic carbocycles. The molecule has 0 spiro atoms. The summed E-state index contributed by atoms with van der Waals surface area (Å²) < 4.78 is 13.2. The molecule has 1 aliphatic heterocycles. The molecule has 0 radical (unpaired) electrons. The smallest absolute Gasteiger partial charge is 0.354 e. The van der Waals surface area contributed by atoms with Crippen molar-refractivity contribution in [1.29, 1.82) is 0 Å². The molecule has 0 saturated heterocycles. The van der Waals surface area contributed by atoms with Crippen molar-refractivity contribution in [3.05, 3.63) is 87.7 Å². The second-order valence-electron chi connectivity index (χ2n) is 12.6. The molecule has 0 saturated carbocycles. The maximum atomic E-state index is 13.1. The minimum absolute atomic E-state index is 0.0199. The lowest BCUT2D eigenvalue weighted by atomic mass is 9.97. The fraction of sp³-hybridized carbons (Fsp3) is 0.333. The molecule has 7 rings (SSSR count). The SMILES string of the molecule is COC(=O)c1c(CCCO)c2ccc(Cl)c(-c3c(CN(P)Cc4cc(CSc5cc(O)c6ncccc6c5)n(C)n4)nn4c3CCC4)c2n1C. The molecular formula is C36H39ClN7O4PS. The van der Waals surface area contributed by atoms with Gasteiger partial charge in [0.1, 0.15) is 17.0 Å². The Labute approximate surface area is 301 Å². The van der Waals surface area contributed by atoms with Gasteiger partial charge in [-0.05, 0) is 61.6 Å². The number of phenols is 1. The van der Waals surface area contributed by atoms with Crippen LogP contribution in [0.1, 0.15) is 51.7 Å². The minimum atomic E-state index is -0.420. The van der Waals surface area contributed by atoms with Crippen LogP contribution < -0.4 is 0 Å². The van der Waals surface area contributed by atoms with Gasteiger partial charge in [-0.1, -0.05) is 33.1 Å². The summed E-state index contributed by atoms with van der Waals surface area (Å²) in [5, 5.41) is 32.4. The number of phenolic OH excluding ortho intramolecular Hbond substituents is 1. The van der Waals surface area contributed by atoms with E-state index in [0.29, 0.717) is 47.9 Å². The summed E-state index contributed by atoms with van der Waals surface area (Å²) in [6.45, 7) is 1.96. The number of carbonyl (C=O) groups excluding carboxylic acids is 1. The number of carbonyl (C=O) groups is 1. The van der Waals surface area contributed by atoms with Crippen molar-refractivity contribution in [3.63, 3.8) is 0 Å². The second kappa shape index (κ2) is 14.4. The highest BCUT2D eigenvalue weighted by atomic mass is 35.5. The molecule has 1 aliphatic rings. The molecule has 1 atom stereocenters. The van der Waals surface area contributed by atoms with E-state index in [2.05, 4.69) is 29.8 Å². The van der Waals surface area contributed by atoms with Crippen molar-refractivity contribution < 1.29 is 19.7 Å². The number of aryl methyl sites for hydroxylation is 4. The molecule has 50 heavy (non-hydrogen) atoms. The lowest BCUT2D eigenvalue weighted by Crippen LogP contribution is -2.13. The molecule has 1 unspecified atom stereocenters. The van der Waals surface area contributed by atoms with Gasteiger partial charge in [-0.15, -0.1) is 11.8 Å². The fourth-order valence-electron chi connectivity index (χ4n) is 7.12. The molecule has 4 aromatic heterocycles. The molecular weight excluding hydrogens is 693 g/mol. The highest BCUT2D eigenvalue weighted by Gasteiger charge is 2.30. The number of aliphatic hydroxyl groups is 1. The van der Waals surface area contributed by atoms with Gasteiger partial charge >= 0.3 is 5.97 Å². The maximum absolute atomic E-state index is 13.1. The van der Waals surface area contributed by atoms with Gasteiger partial charge in [-0.2, -0.15) is 10.2 Å². The van der Waals surface area contributed by atoms with Crippen LogP contribution in [0.5, 0.6) is 5.75 Å². The Morgan fingerprint density at radius 3 is 2.78 bits per heavy atom. The number of aliphatic hydroxyl groups excluding tert-OH is 1. The highest BCUT2D eigenvalue weighted by Crippen LogP contribution is 2.44. The number of pyridine rings is 1. The second-order valence-corrected chi connectivity index (χ2v) is 14.8. The first-order valence-corrected chi connectivity index (χ1v) is 18.4.